The number of hydrogen-bond acceptors (Lipinski definition) is 6. The van der Waals surface area contributed by atoms with Crippen molar-refractivity contribution in [2.75, 3.05) is 12.0 Å². The highest BCUT2D eigenvalue weighted by Gasteiger charge is 2.23. The molecule has 7 nitrogen and oxygen atoms in total. The lowest BCUT2D eigenvalue weighted by molar-refractivity contribution is -0.135. The standard InChI is InChI=1S/C13H12.C12H20N2O5S.C3H6.2C2H6/c1-3-7-12(8-4-1)11-13-9-5-2-6-10-13;1-3-4-5-10(16)13-9(7-20-2)11(17)14-8(6-15)12(18)19;1-3-2;2*1-2/h1-10H,11H2;3,6,9-10,13,15-16H,1,4-5,7H2,2H3,(H,14,17)(H,18,19);3H,1H2,2H3;2*1-2H3/b;8-6+;;;. The number of carbonyl (C=O) groups excluding carboxylic acids is 1. The molecule has 0 aliphatic heterocycles. The van der Waals surface area contributed by atoms with Gasteiger partial charge in [0.1, 0.15) is 12.5 Å². The van der Waals surface area contributed by atoms with Gasteiger partial charge in [-0.25, -0.2) is 4.79 Å². The lowest BCUT2D eigenvalue weighted by Crippen LogP contribution is -2.50. The lowest BCUT2D eigenvalue weighted by Gasteiger charge is -2.21. The summed E-state index contributed by atoms with van der Waals surface area (Å²) in [4.78, 5) is 22.6. The van der Waals surface area contributed by atoms with Crippen LogP contribution in [0.25, 0.3) is 0 Å². The van der Waals surface area contributed by atoms with E-state index in [-0.39, 0.29) is 0 Å². The Kier molecular flexibility index (Phi) is 31.1. The van der Waals surface area contributed by atoms with Crippen molar-refractivity contribution < 1.29 is 24.9 Å². The Balaban J connectivity index is -0.000000583. The van der Waals surface area contributed by atoms with Gasteiger partial charge in [0.05, 0.1) is 6.04 Å². The van der Waals surface area contributed by atoms with Gasteiger partial charge < -0.3 is 20.6 Å². The number of hydrogen-bond donors (Lipinski definition) is 5. The van der Waals surface area contributed by atoms with E-state index in [1.807, 2.05) is 34.6 Å². The first kappa shape index (κ1) is 41.2. The molecule has 0 radical (unpaired) electrons. The molecule has 0 fully saturated rings. The van der Waals surface area contributed by atoms with Crippen molar-refractivity contribution in [3.05, 3.63) is 109 Å². The minimum absolute atomic E-state index is 0.310. The van der Waals surface area contributed by atoms with Crippen molar-refractivity contribution in [1.29, 1.82) is 0 Å². The molecule has 0 aliphatic carbocycles. The first-order valence-electron chi connectivity index (χ1n) is 13.4. The van der Waals surface area contributed by atoms with Crippen LogP contribution >= 0.6 is 11.8 Å². The summed E-state index contributed by atoms with van der Waals surface area (Å²) in [6.45, 7) is 16.8. The van der Waals surface area contributed by atoms with E-state index < -0.39 is 29.8 Å². The van der Waals surface area contributed by atoms with E-state index in [9.17, 15) is 14.7 Å². The van der Waals surface area contributed by atoms with E-state index in [0.29, 0.717) is 24.9 Å². The van der Waals surface area contributed by atoms with Crippen LogP contribution in [0.5, 0.6) is 0 Å². The second-order valence-corrected chi connectivity index (χ2v) is 8.36. The molecule has 0 saturated carbocycles. The number of amides is 1. The number of aliphatic hydroxyl groups is 2. The van der Waals surface area contributed by atoms with Crippen LogP contribution in [0, 0.1) is 0 Å². The van der Waals surface area contributed by atoms with Gasteiger partial charge in [-0.3, -0.25) is 10.1 Å². The van der Waals surface area contributed by atoms with E-state index in [1.165, 1.54) is 22.9 Å². The second-order valence-electron chi connectivity index (χ2n) is 7.45. The topological polar surface area (TPSA) is 119 Å². The number of carboxylic acid groups (broad SMARTS) is 1. The molecule has 1 amide bonds. The summed E-state index contributed by atoms with van der Waals surface area (Å²) in [5, 5.41) is 31.9. The number of aliphatic carboxylic acids is 1. The van der Waals surface area contributed by atoms with Gasteiger partial charge in [-0.05, 0) is 43.6 Å². The minimum atomic E-state index is -1.45. The molecule has 0 saturated heterocycles. The predicted molar refractivity (Wildman–Crippen MR) is 171 cm³/mol. The number of carbonyl (C=O) groups is 2. The number of nitrogens with one attached hydrogen (secondary N) is 2. The molecule has 0 aromatic heterocycles. The highest BCUT2D eigenvalue weighted by Crippen LogP contribution is 2.08. The van der Waals surface area contributed by atoms with Crippen LogP contribution in [0.15, 0.2) is 97.9 Å². The van der Waals surface area contributed by atoms with Crippen molar-refractivity contribution >= 4 is 23.6 Å². The zero-order chi connectivity index (χ0) is 31.2. The zero-order valence-electron chi connectivity index (χ0n) is 25.0. The zero-order valence-corrected chi connectivity index (χ0v) is 25.8. The van der Waals surface area contributed by atoms with E-state index in [4.69, 9.17) is 10.2 Å². The Labute approximate surface area is 246 Å². The molecule has 2 unspecified atom stereocenters. The summed E-state index contributed by atoms with van der Waals surface area (Å²) < 4.78 is 0. The molecule has 2 atom stereocenters. The van der Waals surface area contributed by atoms with Crippen LogP contribution < -0.4 is 10.6 Å². The first-order chi connectivity index (χ1) is 19.3. The Morgan fingerprint density at radius 1 is 0.950 bits per heavy atom. The molecule has 40 heavy (non-hydrogen) atoms. The maximum absolute atomic E-state index is 11.9. The van der Waals surface area contributed by atoms with Gasteiger partial charge in [-0.1, -0.05) is 101 Å². The average molecular weight is 575 g/mol. The van der Waals surface area contributed by atoms with E-state index >= 15 is 0 Å². The predicted octanol–water partition coefficient (Wildman–Crippen LogP) is 6.71. The van der Waals surface area contributed by atoms with Gasteiger partial charge in [0, 0.05) is 5.75 Å². The molecule has 8 heteroatoms. The fraction of sp³-hybridized carbons (Fsp3) is 0.375. The van der Waals surface area contributed by atoms with Crippen LogP contribution in [0.1, 0.15) is 58.6 Å². The smallest absolute Gasteiger partial charge is 0.355 e. The fourth-order valence-electron chi connectivity index (χ4n) is 2.75. The van der Waals surface area contributed by atoms with Gasteiger partial charge in [0.25, 0.3) is 0 Å². The Morgan fingerprint density at radius 2 is 1.40 bits per heavy atom. The third kappa shape index (κ3) is 22.6. The summed E-state index contributed by atoms with van der Waals surface area (Å²) in [6, 6.07) is 20.3. The molecular weight excluding hydrogens is 524 g/mol. The van der Waals surface area contributed by atoms with Gasteiger partial charge >= 0.3 is 5.97 Å². The van der Waals surface area contributed by atoms with Gasteiger partial charge in [-0.15, -0.1) is 13.2 Å². The van der Waals surface area contributed by atoms with E-state index in [0.717, 1.165) is 6.42 Å². The van der Waals surface area contributed by atoms with Crippen LogP contribution in [-0.2, 0) is 16.0 Å². The van der Waals surface area contributed by atoms with Crippen molar-refractivity contribution in [1.82, 2.24) is 10.6 Å². The summed E-state index contributed by atoms with van der Waals surface area (Å²) in [5.74, 6) is -1.74. The largest absolute Gasteiger partial charge is 0.513 e. The third-order valence-corrected chi connectivity index (χ3v) is 5.07. The number of allylic oxidation sites excluding steroid dienone is 2. The normalized spacial score (nSPS) is 11.0. The molecule has 0 heterocycles. The number of thioether (sulfide) groups is 1. The van der Waals surface area contributed by atoms with Crippen molar-refractivity contribution in [2.45, 2.75) is 66.2 Å². The van der Waals surface area contributed by atoms with E-state index in [1.54, 1.807) is 18.4 Å². The van der Waals surface area contributed by atoms with E-state index in [2.05, 4.69) is 84.5 Å². The van der Waals surface area contributed by atoms with Crippen LogP contribution in [0.3, 0.4) is 0 Å². The van der Waals surface area contributed by atoms with Gasteiger partial charge in [-0.2, -0.15) is 11.8 Å². The average Bonchev–Trinajstić information content (AvgIpc) is 2.98. The summed E-state index contributed by atoms with van der Waals surface area (Å²) in [5.41, 5.74) is 2.12. The monoisotopic (exact) mass is 574 g/mol. The molecule has 0 bridgehead atoms. The summed E-state index contributed by atoms with van der Waals surface area (Å²) in [7, 11) is 0. The molecule has 2 aromatic carbocycles. The quantitative estimate of drug-likeness (QED) is 0.0827. The minimum Gasteiger partial charge on any atom is -0.513 e. The van der Waals surface area contributed by atoms with Crippen molar-refractivity contribution in [2.24, 2.45) is 0 Å². The summed E-state index contributed by atoms with van der Waals surface area (Å²) in [6.07, 6.45) is 6.58. The Bertz CT molecular complexity index is 884. The number of carboxylic acids is 1. The molecule has 224 valence electrons. The molecule has 2 aromatic rings. The number of aliphatic hydroxyl groups excluding tert-OH is 2. The molecule has 0 aliphatic rings. The molecule has 0 spiro atoms. The molecule has 2 rings (SSSR count). The maximum atomic E-state index is 11.9. The highest BCUT2D eigenvalue weighted by molar-refractivity contribution is 7.98. The van der Waals surface area contributed by atoms with Gasteiger partial charge in [0.15, 0.2) is 5.70 Å². The van der Waals surface area contributed by atoms with Crippen molar-refractivity contribution in [3.8, 4) is 0 Å². The molecular formula is C32H50N2O5S. The Morgan fingerprint density at radius 3 is 1.75 bits per heavy atom. The Hall–Kier alpha value is -3.33. The van der Waals surface area contributed by atoms with Crippen LogP contribution in [0.4, 0.5) is 0 Å². The SMILES string of the molecule is C=CC.C=CCCC(O)NC(CSC)C(=O)N/C(=C/O)C(=O)O.CC.CC.c1ccc(Cc2ccccc2)cc1. The second kappa shape index (κ2) is 30.2. The number of rotatable bonds is 12. The van der Waals surface area contributed by atoms with Crippen molar-refractivity contribution in [3.63, 3.8) is 0 Å². The fourth-order valence-corrected chi connectivity index (χ4v) is 3.33. The van der Waals surface area contributed by atoms with Crippen LogP contribution in [0.2, 0.25) is 0 Å². The lowest BCUT2D eigenvalue weighted by atomic mass is 10.1. The van der Waals surface area contributed by atoms with Gasteiger partial charge in [0.2, 0.25) is 5.91 Å². The summed E-state index contributed by atoms with van der Waals surface area (Å²) >= 11 is 1.36. The first-order valence-corrected chi connectivity index (χ1v) is 14.8. The number of benzene rings is 2. The highest BCUT2D eigenvalue weighted by atomic mass is 32.2. The maximum Gasteiger partial charge on any atom is 0.355 e. The van der Waals surface area contributed by atoms with Crippen LogP contribution in [-0.4, -0.2) is 51.5 Å². The third-order valence-electron chi connectivity index (χ3n) is 4.40. The molecule has 5 N–H and O–H groups in total.